The van der Waals surface area contributed by atoms with E-state index < -0.39 is 0 Å². The molecule has 0 aliphatic carbocycles. The maximum Gasteiger partial charge on any atom is 0.0395 e. The second-order valence-corrected chi connectivity index (χ2v) is 5.22. The van der Waals surface area contributed by atoms with Crippen LogP contribution in [0.2, 0.25) is 0 Å². The molecule has 1 aliphatic rings. The van der Waals surface area contributed by atoms with Crippen LogP contribution in [0.25, 0.3) is 0 Å². The molecule has 0 bridgehead atoms. The minimum absolute atomic E-state index is 0.787. The summed E-state index contributed by atoms with van der Waals surface area (Å²) in [6.07, 6.45) is 0. The number of nitrogens with one attached hydrogen (secondary N) is 1. The van der Waals surface area contributed by atoms with Gasteiger partial charge in [-0.2, -0.15) is 0 Å². The van der Waals surface area contributed by atoms with Gasteiger partial charge < -0.3 is 10.2 Å². The molecule has 0 amide bonds. The van der Waals surface area contributed by atoms with Gasteiger partial charge in [0.2, 0.25) is 0 Å². The summed E-state index contributed by atoms with van der Waals surface area (Å²) in [5.74, 6) is 1.59. The second-order valence-electron chi connectivity index (χ2n) is 5.22. The number of para-hydroxylation sites is 1. The Bertz CT molecular complexity index is 362. The summed E-state index contributed by atoms with van der Waals surface area (Å²) in [7, 11) is 0. The van der Waals surface area contributed by atoms with E-state index in [2.05, 4.69) is 55.3 Å². The highest BCUT2D eigenvalue weighted by molar-refractivity contribution is 5.52. The molecule has 17 heavy (non-hydrogen) atoms. The summed E-state index contributed by atoms with van der Waals surface area (Å²) in [5.41, 5.74) is 2.78. The molecule has 1 saturated heterocycles. The van der Waals surface area contributed by atoms with Crippen molar-refractivity contribution in [3.8, 4) is 0 Å². The van der Waals surface area contributed by atoms with Gasteiger partial charge in [-0.15, -0.1) is 0 Å². The van der Waals surface area contributed by atoms with E-state index in [0.29, 0.717) is 0 Å². The van der Waals surface area contributed by atoms with Crippen LogP contribution < -0.4 is 10.2 Å². The Labute approximate surface area is 105 Å². The molecule has 1 fully saturated rings. The Kier molecular flexibility index (Phi) is 4.06. The molecule has 1 heterocycles. The Morgan fingerprint density at radius 1 is 1.29 bits per heavy atom. The van der Waals surface area contributed by atoms with Crippen LogP contribution in [-0.2, 0) is 0 Å². The first-order valence-electron chi connectivity index (χ1n) is 6.73. The van der Waals surface area contributed by atoms with Crippen LogP contribution in [0, 0.1) is 18.8 Å². The highest BCUT2D eigenvalue weighted by Crippen LogP contribution is 2.23. The van der Waals surface area contributed by atoms with Crippen molar-refractivity contribution in [1.29, 1.82) is 0 Å². The maximum absolute atomic E-state index is 3.49. The molecule has 0 unspecified atom stereocenters. The van der Waals surface area contributed by atoms with Crippen LogP contribution in [0.15, 0.2) is 24.3 Å². The van der Waals surface area contributed by atoms with E-state index in [1.807, 2.05) is 0 Å². The third-order valence-electron chi connectivity index (χ3n) is 3.97. The van der Waals surface area contributed by atoms with Gasteiger partial charge in [0.25, 0.3) is 0 Å². The van der Waals surface area contributed by atoms with E-state index >= 15 is 0 Å². The molecule has 1 aromatic rings. The van der Waals surface area contributed by atoms with E-state index in [1.165, 1.54) is 30.9 Å². The zero-order chi connectivity index (χ0) is 12.3. The quantitative estimate of drug-likeness (QED) is 0.858. The number of hydrogen-bond donors (Lipinski definition) is 1. The lowest BCUT2D eigenvalue weighted by atomic mass is 9.97. The lowest BCUT2D eigenvalue weighted by molar-refractivity contribution is 0.449. The Balaban J connectivity index is 2.09. The molecule has 1 aliphatic heterocycles. The molecule has 0 saturated carbocycles. The number of anilines is 1. The normalized spacial score (nSPS) is 23.9. The van der Waals surface area contributed by atoms with Gasteiger partial charge in [-0.1, -0.05) is 25.1 Å². The minimum atomic E-state index is 0.787. The highest BCUT2D eigenvalue weighted by atomic mass is 15.1. The van der Waals surface area contributed by atoms with Crippen molar-refractivity contribution in [1.82, 2.24) is 5.32 Å². The first-order chi connectivity index (χ1) is 8.22. The van der Waals surface area contributed by atoms with Crippen molar-refractivity contribution in [3.05, 3.63) is 29.8 Å². The van der Waals surface area contributed by atoms with E-state index in [9.17, 15) is 0 Å². The summed E-state index contributed by atoms with van der Waals surface area (Å²) >= 11 is 0. The molecular weight excluding hydrogens is 208 g/mol. The number of hydrogen-bond acceptors (Lipinski definition) is 2. The molecule has 2 heteroatoms. The molecule has 2 nitrogen and oxygen atoms in total. The Morgan fingerprint density at radius 3 is 2.65 bits per heavy atom. The van der Waals surface area contributed by atoms with Crippen molar-refractivity contribution in [3.63, 3.8) is 0 Å². The molecule has 1 aromatic carbocycles. The Hall–Kier alpha value is -1.02. The largest absolute Gasteiger partial charge is 0.371 e. The molecule has 2 rings (SSSR count). The molecule has 0 spiro atoms. The lowest BCUT2D eigenvalue weighted by Crippen LogP contribution is -2.32. The molecule has 0 aromatic heterocycles. The third kappa shape index (κ3) is 2.81. The summed E-state index contributed by atoms with van der Waals surface area (Å²) in [6.45, 7) is 11.4. The van der Waals surface area contributed by atoms with Crippen molar-refractivity contribution in [2.24, 2.45) is 11.8 Å². The van der Waals surface area contributed by atoms with Gasteiger partial charge in [0.05, 0.1) is 0 Å². The molecule has 0 radical (unpaired) electrons. The van der Waals surface area contributed by atoms with Crippen molar-refractivity contribution >= 4 is 5.69 Å². The summed E-state index contributed by atoms with van der Waals surface area (Å²) in [5, 5.41) is 3.49. The maximum atomic E-state index is 3.49. The van der Waals surface area contributed by atoms with Crippen LogP contribution in [0.3, 0.4) is 0 Å². The minimum Gasteiger partial charge on any atom is -0.371 e. The van der Waals surface area contributed by atoms with E-state index in [1.54, 1.807) is 0 Å². The number of benzene rings is 1. The van der Waals surface area contributed by atoms with Gasteiger partial charge in [0.15, 0.2) is 0 Å². The average Bonchev–Trinajstić information content (AvgIpc) is 2.73. The van der Waals surface area contributed by atoms with Crippen LogP contribution in [0.5, 0.6) is 0 Å². The van der Waals surface area contributed by atoms with Crippen LogP contribution in [0.1, 0.15) is 19.4 Å². The van der Waals surface area contributed by atoms with Crippen LogP contribution in [-0.4, -0.2) is 26.2 Å². The van der Waals surface area contributed by atoms with Crippen molar-refractivity contribution in [2.75, 3.05) is 31.1 Å². The van der Waals surface area contributed by atoms with Gasteiger partial charge in [-0.05, 0) is 50.4 Å². The molecule has 94 valence electrons. The average molecular weight is 232 g/mol. The van der Waals surface area contributed by atoms with Crippen molar-refractivity contribution < 1.29 is 0 Å². The zero-order valence-electron chi connectivity index (χ0n) is 11.2. The van der Waals surface area contributed by atoms with Gasteiger partial charge in [0.1, 0.15) is 0 Å². The topological polar surface area (TPSA) is 15.3 Å². The smallest absolute Gasteiger partial charge is 0.0395 e. The molecule has 2 atom stereocenters. The summed E-state index contributed by atoms with van der Waals surface area (Å²) in [6, 6.07) is 8.70. The van der Waals surface area contributed by atoms with Gasteiger partial charge in [0, 0.05) is 18.8 Å². The fraction of sp³-hybridized carbons (Fsp3) is 0.600. The Morgan fingerprint density at radius 2 is 2.06 bits per heavy atom. The fourth-order valence-corrected chi connectivity index (χ4v) is 2.71. The standard InChI is InChI=1S/C15H24N2/c1-4-17(11-14-10-16-9-13(14)3)15-8-6-5-7-12(15)2/h5-8,13-14,16H,4,9-11H2,1-3H3/t13-,14+/m1/s1. The number of nitrogens with zero attached hydrogens (tertiary/aromatic N) is 1. The molecular formula is C15H24N2. The van der Waals surface area contributed by atoms with Gasteiger partial charge in [-0.25, -0.2) is 0 Å². The fourth-order valence-electron chi connectivity index (χ4n) is 2.71. The van der Waals surface area contributed by atoms with E-state index in [-0.39, 0.29) is 0 Å². The first kappa shape index (κ1) is 12.4. The zero-order valence-corrected chi connectivity index (χ0v) is 11.2. The number of rotatable bonds is 4. The predicted molar refractivity (Wildman–Crippen MR) is 74.6 cm³/mol. The summed E-state index contributed by atoms with van der Waals surface area (Å²) < 4.78 is 0. The monoisotopic (exact) mass is 232 g/mol. The van der Waals surface area contributed by atoms with E-state index in [0.717, 1.165) is 18.4 Å². The second kappa shape index (κ2) is 5.54. The highest BCUT2D eigenvalue weighted by Gasteiger charge is 2.25. The van der Waals surface area contributed by atoms with E-state index in [4.69, 9.17) is 0 Å². The van der Waals surface area contributed by atoms with Gasteiger partial charge in [-0.3, -0.25) is 0 Å². The van der Waals surface area contributed by atoms with Crippen LogP contribution in [0.4, 0.5) is 5.69 Å². The first-order valence-corrected chi connectivity index (χ1v) is 6.73. The van der Waals surface area contributed by atoms with Gasteiger partial charge >= 0.3 is 0 Å². The predicted octanol–water partition coefficient (Wildman–Crippen LogP) is 2.68. The molecule has 1 N–H and O–H groups in total. The van der Waals surface area contributed by atoms with Crippen molar-refractivity contribution in [2.45, 2.75) is 20.8 Å². The lowest BCUT2D eigenvalue weighted by Gasteiger charge is -2.29. The summed E-state index contributed by atoms with van der Waals surface area (Å²) in [4.78, 5) is 2.52. The number of aryl methyl sites for hydroxylation is 1. The third-order valence-corrected chi connectivity index (χ3v) is 3.97. The SMILES string of the molecule is CCN(C[C@@H]1CNC[C@H]1C)c1ccccc1C. The van der Waals surface area contributed by atoms with Crippen LogP contribution >= 0.6 is 0 Å².